The third-order valence-corrected chi connectivity index (χ3v) is 4.31. The number of hydrogen-bond acceptors (Lipinski definition) is 3. The zero-order chi connectivity index (χ0) is 16.9. The van der Waals surface area contributed by atoms with Gasteiger partial charge in [-0.3, -0.25) is 4.98 Å². The van der Waals surface area contributed by atoms with Crippen LogP contribution in [0.2, 0.25) is 0 Å². The van der Waals surface area contributed by atoms with Gasteiger partial charge in [0.05, 0.1) is 11.8 Å². The van der Waals surface area contributed by atoms with Gasteiger partial charge in [0, 0.05) is 31.9 Å². The molecule has 24 heavy (non-hydrogen) atoms. The molecular formula is C19H23N3O2. The number of nitrogens with one attached hydrogen (secondary N) is 1. The van der Waals surface area contributed by atoms with Crippen LogP contribution in [0.4, 0.5) is 4.79 Å². The fourth-order valence-electron chi connectivity index (χ4n) is 2.68. The summed E-state index contributed by atoms with van der Waals surface area (Å²) in [6.07, 6.45) is 3.49. The third-order valence-electron chi connectivity index (χ3n) is 4.31. The first kappa shape index (κ1) is 16.5. The van der Waals surface area contributed by atoms with E-state index in [9.17, 15) is 9.90 Å². The van der Waals surface area contributed by atoms with Gasteiger partial charge in [-0.15, -0.1) is 0 Å². The maximum atomic E-state index is 12.1. The highest BCUT2D eigenvalue weighted by Gasteiger charge is 2.31. The Kier molecular flexibility index (Phi) is 5.11. The zero-order valence-electron chi connectivity index (χ0n) is 13.9. The Labute approximate surface area is 142 Å². The van der Waals surface area contributed by atoms with Crippen LogP contribution < -0.4 is 5.32 Å². The first-order valence-corrected chi connectivity index (χ1v) is 8.31. The number of rotatable bonds is 6. The summed E-state index contributed by atoms with van der Waals surface area (Å²) >= 11 is 0. The molecule has 2 N–H and O–H groups in total. The molecule has 1 unspecified atom stereocenters. The van der Waals surface area contributed by atoms with Gasteiger partial charge in [0.2, 0.25) is 0 Å². The highest BCUT2D eigenvalue weighted by atomic mass is 16.3. The maximum absolute atomic E-state index is 12.1. The van der Waals surface area contributed by atoms with Gasteiger partial charge in [-0.1, -0.05) is 24.3 Å². The summed E-state index contributed by atoms with van der Waals surface area (Å²) in [6, 6.07) is 13.6. The molecule has 126 valence electrons. The second-order valence-corrected chi connectivity index (χ2v) is 6.36. The lowest BCUT2D eigenvalue weighted by Crippen LogP contribution is -2.41. The molecule has 1 saturated carbocycles. The molecule has 1 heterocycles. The summed E-state index contributed by atoms with van der Waals surface area (Å²) in [5.74, 6) is 0.371. The first-order chi connectivity index (χ1) is 11.6. The van der Waals surface area contributed by atoms with E-state index in [0.29, 0.717) is 19.0 Å². The lowest BCUT2D eigenvalue weighted by molar-refractivity contribution is 0.113. The molecular weight excluding hydrogens is 302 g/mol. The zero-order valence-corrected chi connectivity index (χ0v) is 13.9. The Morgan fingerprint density at radius 3 is 2.88 bits per heavy atom. The number of carbonyl (C=O) groups is 1. The minimum absolute atomic E-state index is 0.169. The van der Waals surface area contributed by atoms with E-state index in [4.69, 9.17) is 0 Å². The minimum Gasteiger partial charge on any atom is -0.391 e. The van der Waals surface area contributed by atoms with Crippen LogP contribution in [0, 0.1) is 5.92 Å². The van der Waals surface area contributed by atoms with Crippen molar-refractivity contribution in [3.63, 3.8) is 0 Å². The van der Waals surface area contributed by atoms with E-state index in [2.05, 4.69) is 10.3 Å². The van der Waals surface area contributed by atoms with Crippen LogP contribution in [0.25, 0.3) is 11.3 Å². The number of aromatic nitrogens is 1. The van der Waals surface area contributed by atoms with Gasteiger partial charge in [-0.05, 0) is 42.5 Å². The Hall–Kier alpha value is -2.40. The number of urea groups is 1. The Morgan fingerprint density at radius 1 is 1.33 bits per heavy atom. The van der Waals surface area contributed by atoms with Crippen molar-refractivity contribution in [2.24, 2.45) is 5.92 Å². The topological polar surface area (TPSA) is 65.5 Å². The molecule has 5 heteroatoms. The number of amides is 2. The van der Waals surface area contributed by atoms with Crippen molar-refractivity contribution in [3.05, 3.63) is 54.2 Å². The maximum Gasteiger partial charge on any atom is 0.317 e. The minimum atomic E-state index is -0.409. The van der Waals surface area contributed by atoms with Gasteiger partial charge in [0.25, 0.3) is 0 Å². The second kappa shape index (κ2) is 7.45. The second-order valence-electron chi connectivity index (χ2n) is 6.36. The van der Waals surface area contributed by atoms with Crippen LogP contribution in [0.1, 0.15) is 18.4 Å². The van der Waals surface area contributed by atoms with Crippen molar-refractivity contribution in [2.75, 3.05) is 13.6 Å². The SMILES string of the molecule is CN(CC(O)C1CC1)C(=O)NCc1cccc(-c2ccccn2)c1. The lowest BCUT2D eigenvalue weighted by atomic mass is 10.1. The average Bonchev–Trinajstić information content (AvgIpc) is 3.46. The van der Waals surface area contributed by atoms with Crippen LogP contribution in [0.3, 0.4) is 0 Å². The highest BCUT2D eigenvalue weighted by Crippen LogP contribution is 2.32. The predicted octanol–water partition coefficient (Wildman–Crippen LogP) is 2.66. The predicted molar refractivity (Wildman–Crippen MR) is 93.3 cm³/mol. The first-order valence-electron chi connectivity index (χ1n) is 8.31. The summed E-state index contributed by atoms with van der Waals surface area (Å²) in [5.41, 5.74) is 2.96. The average molecular weight is 325 g/mol. The van der Waals surface area contributed by atoms with Gasteiger partial charge in [0.1, 0.15) is 0 Å². The summed E-state index contributed by atoms with van der Waals surface area (Å²) in [5, 5.41) is 12.8. The number of nitrogens with zero attached hydrogens (tertiary/aromatic N) is 2. The van der Waals surface area contributed by atoms with Crippen molar-refractivity contribution in [3.8, 4) is 11.3 Å². The number of aliphatic hydroxyl groups is 1. The summed E-state index contributed by atoms with van der Waals surface area (Å²) in [6.45, 7) is 0.827. The van der Waals surface area contributed by atoms with Crippen LogP contribution in [0.15, 0.2) is 48.7 Å². The Morgan fingerprint density at radius 2 is 2.17 bits per heavy atom. The van der Waals surface area contributed by atoms with Gasteiger partial charge in [-0.2, -0.15) is 0 Å². The van der Waals surface area contributed by atoms with Crippen LogP contribution >= 0.6 is 0 Å². The lowest BCUT2D eigenvalue weighted by Gasteiger charge is -2.21. The van der Waals surface area contributed by atoms with E-state index in [-0.39, 0.29) is 6.03 Å². The number of carbonyl (C=O) groups excluding carboxylic acids is 1. The normalized spacial score (nSPS) is 14.9. The van der Waals surface area contributed by atoms with Gasteiger partial charge in [-0.25, -0.2) is 4.79 Å². The summed E-state index contributed by atoms with van der Waals surface area (Å²) in [4.78, 5) is 18.0. The number of aliphatic hydroxyl groups excluding tert-OH is 1. The van der Waals surface area contributed by atoms with E-state index in [1.54, 1.807) is 18.1 Å². The monoisotopic (exact) mass is 325 g/mol. The molecule has 1 aliphatic carbocycles. The van der Waals surface area contributed by atoms with Crippen LogP contribution in [-0.2, 0) is 6.54 Å². The number of likely N-dealkylation sites (N-methyl/N-ethyl adjacent to an activating group) is 1. The smallest absolute Gasteiger partial charge is 0.317 e. The highest BCUT2D eigenvalue weighted by molar-refractivity contribution is 5.74. The van der Waals surface area contributed by atoms with Gasteiger partial charge in [0.15, 0.2) is 0 Å². The molecule has 0 bridgehead atoms. The molecule has 1 atom stereocenters. The quantitative estimate of drug-likeness (QED) is 0.858. The molecule has 0 spiro atoms. The molecule has 2 aromatic rings. The van der Waals surface area contributed by atoms with Crippen LogP contribution in [-0.4, -0.2) is 40.7 Å². The standard InChI is InChI=1S/C19H23N3O2/c1-22(13-18(23)15-8-9-15)19(24)21-12-14-5-4-6-16(11-14)17-7-2-3-10-20-17/h2-7,10-11,15,18,23H,8-9,12-13H2,1H3,(H,21,24). The summed E-state index contributed by atoms with van der Waals surface area (Å²) < 4.78 is 0. The van der Waals surface area contributed by atoms with Crippen LogP contribution in [0.5, 0.6) is 0 Å². The van der Waals surface area contributed by atoms with E-state index in [1.165, 1.54) is 0 Å². The summed E-state index contributed by atoms with van der Waals surface area (Å²) in [7, 11) is 1.71. The molecule has 1 aliphatic rings. The molecule has 1 fully saturated rings. The Balaban J connectivity index is 1.55. The number of benzene rings is 1. The fourth-order valence-corrected chi connectivity index (χ4v) is 2.68. The number of pyridine rings is 1. The Bertz CT molecular complexity index is 686. The molecule has 2 amide bonds. The van der Waals surface area contributed by atoms with E-state index < -0.39 is 6.10 Å². The van der Waals surface area contributed by atoms with Gasteiger partial charge >= 0.3 is 6.03 Å². The van der Waals surface area contributed by atoms with Crippen molar-refractivity contribution in [1.29, 1.82) is 0 Å². The van der Waals surface area contributed by atoms with E-state index in [1.807, 2.05) is 42.5 Å². The van der Waals surface area contributed by atoms with E-state index >= 15 is 0 Å². The largest absolute Gasteiger partial charge is 0.391 e. The molecule has 0 saturated heterocycles. The fraction of sp³-hybridized carbons (Fsp3) is 0.368. The number of hydrogen-bond donors (Lipinski definition) is 2. The molecule has 0 aliphatic heterocycles. The van der Waals surface area contributed by atoms with Gasteiger partial charge < -0.3 is 15.3 Å². The van der Waals surface area contributed by atoms with Crippen molar-refractivity contribution < 1.29 is 9.90 Å². The van der Waals surface area contributed by atoms with E-state index in [0.717, 1.165) is 29.7 Å². The van der Waals surface area contributed by atoms with Crippen molar-refractivity contribution in [2.45, 2.75) is 25.5 Å². The van der Waals surface area contributed by atoms with Crippen molar-refractivity contribution >= 4 is 6.03 Å². The molecule has 3 rings (SSSR count). The molecule has 1 aromatic carbocycles. The molecule has 0 radical (unpaired) electrons. The van der Waals surface area contributed by atoms with Crippen molar-refractivity contribution in [1.82, 2.24) is 15.2 Å². The third kappa shape index (κ3) is 4.32. The molecule has 1 aromatic heterocycles. The molecule has 5 nitrogen and oxygen atoms in total.